The molecule has 0 saturated heterocycles. The largest absolute Gasteiger partial charge is 0.466 e. The molecule has 0 amide bonds. The third-order valence-corrected chi connectivity index (χ3v) is 3.31. The van der Waals surface area contributed by atoms with E-state index in [1.54, 1.807) is 10.3 Å². The molecule has 0 aromatic heterocycles. The molecule has 0 bridgehead atoms. The Morgan fingerprint density at radius 2 is 1.29 bits per heavy atom. The van der Waals surface area contributed by atoms with Crippen LogP contribution in [0.25, 0.3) is 0 Å². The van der Waals surface area contributed by atoms with Crippen molar-refractivity contribution in [3.05, 3.63) is 0 Å². The van der Waals surface area contributed by atoms with Gasteiger partial charge in [-0.1, -0.05) is 0 Å². The van der Waals surface area contributed by atoms with Crippen LogP contribution in [-0.4, -0.2) is 14.7 Å². The van der Waals surface area contributed by atoms with Crippen LogP contribution >= 0.6 is 7.82 Å². The maximum absolute atomic E-state index is 8.88. The first-order chi connectivity index (χ1) is 6.41. The molecule has 0 aliphatic heterocycles. The molecule has 0 aliphatic rings. The predicted octanol–water partition coefficient (Wildman–Crippen LogP) is 2.58. The van der Waals surface area contributed by atoms with Crippen LogP contribution in [0, 0.1) is 0 Å². The topological polar surface area (TPSA) is 77.8 Å². The fourth-order valence-corrected chi connectivity index (χ4v) is 2.69. The molecular formula is C8H21O4PV. The molecule has 0 heterocycles. The number of hydrogen-bond donors (Lipinski definition) is 3. The van der Waals surface area contributed by atoms with E-state index in [0.717, 1.165) is 16.3 Å². The summed E-state index contributed by atoms with van der Waals surface area (Å²) in [6.07, 6.45) is 5.73. The van der Waals surface area contributed by atoms with E-state index in [0.29, 0.717) is 0 Å². The van der Waals surface area contributed by atoms with Crippen molar-refractivity contribution in [1.29, 1.82) is 0 Å². The number of hydrogen-bond acceptors (Lipinski definition) is 1. The molecule has 0 radical (unpaired) electrons. The Bertz CT molecular complexity index is 134. The summed E-state index contributed by atoms with van der Waals surface area (Å²) >= 11 is 0.737. The van der Waals surface area contributed by atoms with Gasteiger partial charge in [0.15, 0.2) is 0 Å². The average Bonchev–Trinajstić information content (AvgIpc) is 2.01. The summed E-state index contributed by atoms with van der Waals surface area (Å²) in [5, 5.41) is 3.10. The van der Waals surface area contributed by atoms with Crippen molar-refractivity contribution in [1.82, 2.24) is 0 Å². The van der Waals surface area contributed by atoms with Crippen molar-refractivity contribution in [3.8, 4) is 0 Å². The molecule has 0 atom stereocenters. The van der Waals surface area contributed by atoms with E-state index >= 15 is 0 Å². The number of unbranched alkanes of at least 4 members (excludes halogenated alkanes) is 2. The quantitative estimate of drug-likeness (QED) is 0.508. The molecule has 0 unspecified atom stereocenters. The van der Waals surface area contributed by atoms with Gasteiger partial charge in [-0.2, -0.15) is 0 Å². The number of phosphoric acid groups is 1. The fraction of sp³-hybridized carbons (Fsp3) is 1.00. The molecule has 0 aromatic carbocycles. The van der Waals surface area contributed by atoms with Crippen LogP contribution < -0.4 is 0 Å². The van der Waals surface area contributed by atoms with Crippen LogP contribution in [0.4, 0.5) is 0 Å². The van der Waals surface area contributed by atoms with Crippen LogP contribution in [0.5, 0.6) is 0 Å². The Labute approximate surface area is 93.4 Å². The smallest absolute Gasteiger partial charge is 0.303 e. The first-order valence-corrected chi connectivity index (χ1v) is 8.37. The molecular weight excluding hydrogens is 242 g/mol. The molecule has 0 aliphatic carbocycles. The molecule has 14 heavy (non-hydrogen) atoms. The van der Waals surface area contributed by atoms with E-state index in [1.807, 2.05) is 0 Å². The van der Waals surface area contributed by atoms with Gasteiger partial charge in [-0.25, -0.2) is 4.57 Å². The van der Waals surface area contributed by atoms with Gasteiger partial charge in [0.05, 0.1) is 0 Å². The van der Waals surface area contributed by atoms with Crippen molar-refractivity contribution >= 4 is 7.82 Å². The molecule has 0 rings (SSSR count). The summed E-state index contributed by atoms with van der Waals surface area (Å²) in [5.74, 6) is 0. The van der Waals surface area contributed by atoms with Crippen LogP contribution in [-0.2, 0) is 20.9 Å². The molecule has 6 heteroatoms. The van der Waals surface area contributed by atoms with Gasteiger partial charge in [0, 0.05) is 0 Å². The molecule has 0 fully saturated rings. The molecule has 87 valence electrons. The third kappa shape index (κ3) is 38.7. The van der Waals surface area contributed by atoms with Crippen LogP contribution in [0.1, 0.15) is 39.5 Å². The van der Waals surface area contributed by atoms with Gasteiger partial charge in [-0.3, -0.25) is 0 Å². The average molecular weight is 263 g/mol. The van der Waals surface area contributed by atoms with Gasteiger partial charge in [0.2, 0.25) is 0 Å². The van der Waals surface area contributed by atoms with Gasteiger partial charge < -0.3 is 14.7 Å². The normalized spacial score (nSPS) is 10.4. The van der Waals surface area contributed by atoms with Crippen LogP contribution in [0.2, 0.25) is 10.3 Å². The second kappa shape index (κ2) is 11.8. The van der Waals surface area contributed by atoms with Gasteiger partial charge >= 0.3 is 73.9 Å². The van der Waals surface area contributed by atoms with Crippen molar-refractivity contribution in [2.45, 2.75) is 49.8 Å². The van der Waals surface area contributed by atoms with Crippen molar-refractivity contribution < 1.29 is 35.5 Å². The summed E-state index contributed by atoms with van der Waals surface area (Å²) in [4.78, 5) is 21.6. The van der Waals surface area contributed by atoms with E-state index < -0.39 is 7.82 Å². The molecule has 4 nitrogen and oxygen atoms in total. The zero-order valence-electron chi connectivity index (χ0n) is 8.89. The van der Waals surface area contributed by atoms with Gasteiger partial charge in [0.25, 0.3) is 0 Å². The van der Waals surface area contributed by atoms with E-state index in [1.165, 1.54) is 25.7 Å². The minimum atomic E-state index is -4.64. The fourth-order valence-electron chi connectivity index (χ4n) is 0.652. The summed E-state index contributed by atoms with van der Waals surface area (Å²) in [6, 6.07) is 0. The zero-order valence-corrected chi connectivity index (χ0v) is 11.2. The van der Waals surface area contributed by atoms with Crippen molar-refractivity contribution in [2.75, 3.05) is 0 Å². The third-order valence-electron chi connectivity index (χ3n) is 1.34. The van der Waals surface area contributed by atoms with Gasteiger partial charge in [0.1, 0.15) is 0 Å². The van der Waals surface area contributed by atoms with Gasteiger partial charge in [-0.05, 0) is 0 Å². The number of rotatable bonds is 6. The van der Waals surface area contributed by atoms with E-state index in [4.69, 9.17) is 19.2 Å². The summed E-state index contributed by atoms with van der Waals surface area (Å²) in [5.41, 5.74) is 0. The molecule has 0 saturated carbocycles. The van der Waals surface area contributed by atoms with E-state index in [-0.39, 0.29) is 0 Å². The minimum Gasteiger partial charge on any atom is -0.303 e. The Kier molecular flexibility index (Phi) is 14.4. The Morgan fingerprint density at radius 3 is 1.50 bits per heavy atom. The zero-order chi connectivity index (χ0) is 11.4. The monoisotopic (exact) mass is 263 g/mol. The maximum Gasteiger partial charge on any atom is 0.466 e. The standard InChI is InChI=1S/2C4H9.H3O4P.V/c2*1-3-4-2;1-5(2,3)4;/h2*1,3-4H2,2H3;(H3,1,2,3,4);. The molecule has 0 spiro atoms. The summed E-state index contributed by atoms with van der Waals surface area (Å²) in [7, 11) is -4.64. The molecule has 3 N–H and O–H groups in total. The van der Waals surface area contributed by atoms with E-state index in [2.05, 4.69) is 13.8 Å². The van der Waals surface area contributed by atoms with Crippen LogP contribution in [0.3, 0.4) is 0 Å². The Morgan fingerprint density at radius 1 is 1.00 bits per heavy atom. The van der Waals surface area contributed by atoms with Crippen LogP contribution in [0.15, 0.2) is 0 Å². The molecule has 0 aromatic rings. The Hall–Kier alpha value is 0.694. The Balaban J connectivity index is 0. The van der Waals surface area contributed by atoms with Gasteiger partial charge in [-0.15, -0.1) is 0 Å². The summed E-state index contributed by atoms with van der Waals surface area (Å²) < 4.78 is 8.88. The second-order valence-corrected chi connectivity index (χ2v) is 6.01. The minimum absolute atomic E-state index is 0.737. The van der Waals surface area contributed by atoms with E-state index in [9.17, 15) is 0 Å². The maximum atomic E-state index is 8.88. The summed E-state index contributed by atoms with van der Waals surface area (Å²) in [6.45, 7) is 4.56. The predicted molar refractivity (Wildman–Crippen MR) is 53.7 cm³/mol. The second-order valence-electron chi connectivity index (χ2n) is 2.89. The van der Waals surface area contributed by atoms with Crippen molar-refractivity contribution in [3.63, 3.8) is 0 Å². The SMILES string of the molecule is CCC[CH2][V][CH2]CCC.O=P(O)(O)O. The van der Waals surface area contributed by atoms with Crippen molar-refractivity contribution in [2.24, 2.45) is 0 Å². The first kappa shape index (κ1) is 17.1. The first-order valence-electron chi connectivity index (χ1n) is 4.83.